The number of hydrogen-bond acceptors (Lipinski definition) is 7. The van der Waals surface area contributed by atoms with Gasteiger partial charge in [-0.15, -0.1) is 0 Å². The zero-order chi connectivity index (χ0) is 25.1. The van der Waals surface area contributed by atoms with Gasteiger partial charge in [0.05, 0.1) is 43.2 Å². The zero-order valence-corrected chi connectivity index (χ0v) is 20.4. The molecule has 1 aliphatic heterocycles. The van der Waals surface area contributed by atoms with Crippen LogP contribution in [-0.4, -0.2) is 55.1 Å². The fraction of sp³-hybridized carbons (Fsp3) is 0.462. The van der Waals surface area contributed by atoms with Crippen LogP contribution in [0, 0.1) is 0 Å². The molecule has 0 saturated carbocycles. The van der Waals surface area contributed by atoms with E-state index in [1.807, 2.05) is 51.4 Å². The van der Waals surface area contributed by atoms with Crippen molar-refractivity contribution in [3.8, 4) is 5.69 Å². The second-order valence-corrected chi connectivity index (χ2v) is 9.85. The highest BCUT2D eigenvalue weighted by molar-refractivity contribution is 5.72. The van der Waals surface area contributed by atoms with Gasteiger partial charge in [0.15, 0.2) is 0 Å². The molecule has 1 N–H and O–H groups in total. The fourth-order valence-corrected chi connectivity index (χ4v) is 4.52. The quantitative estimate of drug-likeness (QED) is 0.493. The number of ether oxygens (including phenoxy) is 2. The molecular formula is C26H32N4O5. The summed E-state index contributed by atoms with van der Waals surface area (Å²) in [4.78, 5) is 24.8. The molecule has 0 radical (unpaired) electrons. The third kappa shape index (κ3) is 6.64. The van der Waals surface area contributed by atoms with E-state index >= 15 is 0 Å². The Morgan fingerprint density at radius 1 is 1.26 bits per heavy atom. The highest BCUT2D eigenvalue weighted by Crippen LogP contribution is 2.34. The maximum atomic E-state index is 12.4. The van der Waals surface area contributed by atoms with Crippen molar-refractivity contribution in [2.24, 2.45) is 7.05 Å². The van der Waals surface area contributed by atoms with Crippen molar-refractivity contribution in [1.82, 2.24) is 19.6 Å². The van der Waals surface area contributed by atoms with Gasteiger partial charge in [-0.3, -0.25) is 14.3 Å². The Morgan fingerprint density at radius 3 is 2.80 bits per heavy atom. The number of nitrogens with zero attached hydrogens (tertiary/aromatic N) is 4. The topological polar surface area (TPSA) is 108 Å². The summed E-state index contributed by atoms with van der Waals surface area (Å²) in [7, 11) is 1.82. The summed E-state index contributed by atoms with van der Waals surface area (Å²) < 4.78 is 14.4. The van der Waals surface area contributed by atoms with E-state index < -0.39 is 5.60 Å². The predicted octanol–water partition coefficient (Wildman–Crippen LogP) is 2.35. The van der Waals surface area contributed by atoms with E-state index in [-0.39, 0.29) is 30.0 Å². The van der Waals surface area contributed by atoms with Crippen LogP contribution in [0.2, 0.25) is 0 Å². The van der Waals surface area contributed by atoms with E-state index in [0.29, 0.717) is 38.0 Å². The number of carbonyl (C=O) groups is 1. The summed E-state index contributed by atoms with van der Waals surface area (Å²) in [6.45, 7) is 4.56. The van der Waals surface area contributed by atoms with Crippen LogP contribution in [0.5, 0.6) is 0 Å². The number of rotatable bonds is 8. The number of aryl methyl sites for hydroxylation is 1. The van der Waals surface area contributed by atoms with E-state index in [9.17, 15) is 14.7 Å². The molecule has 1 aliphatic rings. The minimum Gasteiger partial charge on any atom is -0.465 e. The molecule has 186 valence electrons. The monoisotopic (exact) mass is 480 g/mol. The Bertz CT molecular complexity index is 1250. The zero-order valence-electron chi connectivity index (χ0n) is 20.4. The van der Waals surface area contributed by atoms with Crippen molar-refractivity contribution < 1.29 is 19.4 Å². The van der Waals surface area contributed by atoms with E-state index in [4.69, 9.17) is 9.47 Å². The smallest absolute Gasteiger partial charge is 0.310 e. The Balaban J connectivity index is 1.35. The van der Waals surface area contributed by atoms with Crippen molar-refractivity contribution in [2.75, 3.05) is 13.2 Å². The summed E-state index contributed by atoms with van der Waals surface area (Å²) in [5.74, 6) is -0.353. The maximum Gasteiger partial charge on any atom is 0.310 e. The highest BCUT2D eigenvalue weighted by atomic mass is 16.5. The Kier molecular flexibility index (Phi) is 7.18. The lowest BCUT2D eigenvalue weighted by Gasteiger charge is -2.41. The lowest BCUT2D eigenvalue weighted by atomic mass is 9.82. The molecule has 2 aromatic heterocycles. The van der Waals surface area contributed by atoms with Crippen LogP contribution in [0.4, 0.5) is 0 Å². The molecule has 0 aliphatic carbocycles. The number of aromatic nitrogens is 4. The average molecular weight is 481 g/mol. The third-order valence-corrected chi connectivity index (χ3v) is 6.19. The first kappa shape index (κ1) is 24.8. The van der Waals surface area contributed by atoms with Crippen LogP contribution < -0.4 is 5.43 Å². The van der Waals surface area contributed by atoms with Gasteiger partial charge in [-0.25, -0.2) is 4.68 Å². The van der Waals surface area contributed by atoms with Crippen molar-refractivity contribution in [3.05, 3.63) is 76.0 Å². The average Bonchev–Trinajstić information content (AvgIpc) is 3.21. The number of benzene rings is 1. The molecule has 0 spiro atoms. The van der Waals surface area contributed by atoms with Gasteiger partial charge in [0.2, 0.25) is 5.43 Å². The Morgan fingerprint density at radius 2 is 2.06 bits per heavy atom. The number of esters is 1. The lowest BCUT2D eigenvalue weighted by molar-refractivity contribution is -0.157. The summed E-state index contributed by atoms with van der Waals surface area (Å²) in [5.41, 5.74) is 1.43. The highest BCUT2D eigenvalue weighted by Gasteiger charge is 2.39. The van der Waals surface area contributed by atoms with Crippen molar-refractivity contribution >= 4 is 5.97 Å². The van der Waals surface area contributed by atoms with Crippen molar-refractivity contribution in [2.45, 2.75) is 57.2 Å². The first-order valence-corrected chi connectivity index (χ1v) is 11.8. The van der Waals surface area contributed by atoms with Crippen LogP contribution in [0.1, 0.15) is 49.9 Å². The molecule has 4 rings (SSSR count). The first-order valence-electron chi connectivity index (χ1n) is 11.8. The molecule has 9 nitrogen and oxygen atoms in total. The number of hydrogen-bond donors (Lipinski definition) is 1. The molecule has 3 heterocycles. The van der Waals surface area contributed by atoms with Crippen LogP contribution in [0.15, 0.2) is 53.7 Å². The third-order valence-electron chi connectivity index (χ3n) is 6.19. The molecule has 1 fully saturated rings. The fourth-order valence-electron chi connectivity index (χ4n) is 4.52. The molecule has 0 bridgehead atoms. The molecule has 3 aromatic rings. The normalized spacial score (nSPS) is 19.4. The van der Waals surface area contributed by atoms with E-state index in [1.54, 1.807) is 21.8 Å². The van der Waals surface area contributed by atoms with Crippen LogP contribution in [-0.2, 0) is 34.2 Å². The molecule has 9 heteroatoms. The summed E-state index contributed by atoms with van der Waals surface area (Å²) in [5, 5.41) is 19.4. The van der Waals surface area contributed by atoms with Gasteiger partial charge in [-0.1, -0.05) is 24.3 Å². The Labute approximate surface area is 204 Å². The minimum atomic E-state index is -0.882. The molecule has 0 amide bonds. The van der Waals surface area contributed by atoms with Crippen molar-refractivity contribution in [1.29, 1.82) is 0 Å². The molecular weight excluding hydrogens is 448 g/mol. The second kappa shape index (κ2) is 10.1. The van der Waals surface area contributed by atoms with Gasteiger partial charge in [-0.05, 0) is 31.4 Å². The standard InChI is InChI=1S/C26H32N4O5/c1-25(2)18-26(33,9-12-35-25)8-11-34-24(32)15-20-6-4-5-19(13-20)14-22-23(31)7-10-30(28-22)21-16-27-29(3)17-21/h4-7,10,13,16-17,33H,8-9,11-12,14-15,18H2,1-3H3. The van der Waals surface area contributed by atoms with Crippen LogP contribution >= 0.6 is 0 Å². The van der Waals surface area contributed by atoms with E-state index in [0.717, 1.165) is 16.8 Å². The largest absolute Gasteiger partial charge is 0.465 e. The molecule has 1 unspecified atom stereocenters. The van der Waals surface area contributed by atoms with Gasteiger partial charge in [0, 0.05) is 38.6 Å². The van der Waals surface area contributed by atoms with Gasteiger partial charge in [-0.2, -0.15) is 10.2 Å². The van der Waals surface area contributed by atoms with Gasteiger partial charge >= 0.3 is 5.97 Å². The molecule has 1 aromatic carbocycles. The predicted molar refractivity (Wildman–Crippen MR) is 129 cm³/mol. The molecule has 35 heavy (non-hydrogen) atoms. The summed E-state index contributed by atoms with van der Waals surface area (Å²) in [6, 6.07) is 8.99. The van der Waals surface area contributed by atoms with Gasteiger partial charge in [0.1, 0.15) is 11.4 Å². The minimum absolute atomic E-state index is 0.114. The Hall–Kier alpha value is -3.30. The summed E-state index contributed by atoms with van der Waals surface area (Å²) in [6.07, 6.45) is 6.99. The molecule has 1 saturated heterocycles. The van der Waals surface area contributed by atoms with E-state index in [1.165, 1.54) is 6.07 Å². The van der Waals surface area contributed by atoms with Crippen LogP contribution in [0.25, 0.3) is 5.69 Å². The SMILES string of the molecule is Cn1cc(-n2ccc(=O)c(Cc3cccc(CC(=O)OCCC4(O)CCOC(C)(C)C4)c3)n2)cn1. The first-order chi connectivity index (χ1) is 16.6. The van der Waals surface area contributed by atoms with Gasteiger partial charge < -0.3 is 14.6 Å². The van der Waals surface area contributed by atoms with Crippen molar-refractivity contribution in [3.63, 3.8) is 0 Å². The lowest BCUT2D eigenvalue weighted by Crippen LogP contribution is -2.46. The van der Waals surface area contributed by atoms with E-state index in [2.05, 4.69) is 10.2 Å². The van der Waals surface area contributed by atoms with Gasteiger partial charge in [0.25, 0.3) is 0 Å². The number of carbonyl (C=O) groups excluding carboxylic acids is 1. The molecule has 1 atom stereocenters. The maximum absolute atomic E-state index is 12.4. The summed E-state index contributed by atoms with van der Waals surface area (Å²) >= 11 is 0. The number of aliphatic hydroxyl groups is 1. The van der Waals surface area contributed by atoms with Crippen LogP contribution in [0.3, 0.4) is 0 Å². The second-order valence-electron chi connectivity index (χ2n) is 9.85.